The van der Waals surface area contributed by atoms with Crippen LogP contribution < -0.4 is 11.0 Å². The summed E-state index contributed by atoms with van der Waals surface area (Å²) < 4.78 is 40.9. The molecule has 176 valence electrons. The third kappa shape index (κ3) is 4.60. The van der Waals surface area contributed by atoms with Crippen molar-refractivity contribution in [2.75, 3.05) is 5.32 Å². The van der Waals surface area contributed by atoms with Gasteiger partial charge in [-0.3, -0.25) is 4.98 Å². The van der Waals surface area contributed by atoms with Crippen molar-refractivity contribution in [3.05, 3.63) is 106 Å². The summed E-state index contributed by atoms with van der Waals surface area (Å²) in [7, 11) is 0. The molecule has 2 aromatic carbocycles. The van der Waals surface area contributed by atoms with Crippen LogP contribution >= 0.6 is 11.6 Å². The van der Waals surface area contributed by atoms with Crippen LogP contribution in [0.3, 0.4) is 0 Å². The van der Waals surface area contributed by atoms with Crippen LogP contribution in [0.25, 0.3) is 16.8 Å². The molecular formula is C24H16ClF3N6O. The molecule has 0 atom stereocenters. The van der Waals surface area contributed by atoms with Gasteiger partial charge in [0.2, 0.25) is 5.65 Å². The number of fused-ring (bicyclic) bond motifs is 1. The molecule has 5 aromatic rings. The average molecular weight is 497 g/mol. The number of nitrogens with one attached hydrogen (secondary N) is 1. The van der Waals surface area contributed by atoms with E-state index in [1.54, 1.807) is 42.9 Å². The van der Waals surface area contributed by atoms with E-state index in [9.17, 15) is 18.0 Å². The van der Waals surface area contributed by atoms with E-state index in [2.05, 4.69) is 20.5 Å². The molecule has 0 amide bonds. The molecule has 0 radical (unpaired) electrons. The fraction of sp³-hybridized carbons (Fsp3) is 0.0833. The molecule has 0 spiro atoms. The molecule has 0 bridgehead atoms. The molecule has 35 heavy (non-hydrogen) atoms. The molecule has 0 aliphatic carbocycles. The number of pyridine rings is 1. The standard InChI is InChI=1S/C24H16ClF3N6O/c25-18-7-3-16(4-8-18)20-13-30-34-22(21(20)31-19-9-11-29-12-10-19)32-33(23(34)35)14-15-1-5-17(6-2-15)24(26,27)28/h1-13H,14H2,(H,29,31). The number of rotatable bonds is 5. The number of aromatic nitrogens is 5. The lowest BCUT2D eigenvalue weighted by atomic mass is 10.1. The zero-order valence-electron chi connectivity index (χ0n) is 17.9. The van der Waals surface area contributed by atoms with Gasteiger partial charge in [-0.1, -0.05) is 35.9 Å². The number of halogens is 4. The second kappa shape index (κ2) is 8.88. The highest BCUT2D eigenvalue weighted by atomic mass is 35.5. The fourth-order valence-corrected chi connectivity index (χ4v) is 3.71. The molecule has 0 fully saturated rings. The Balaban J connectivity index is 1.60. The van der Waals surface area contributed by atoms with Crippen molar-refractivity contribution in [1.82, 2.24) is 24.4 Å². The Hall–Kier alpha value is -4.18. The van der Waals surface area contributed by atoms with Gasteiger partial charge in [-0.2, -0.15) is 22.8 Å². The Kier molecular flexibility index (Phi) is 5.73. The van der Waals surface area contributed by atoms with E-state index < -0.39 is 17.4 Å². The summed E-state index contributed by atoms with van der Waals surface area (Å²) in [6, 6.07) is 15.3. The largest absolute Gasteiger partial charge is 0.416 e. The van der Waals surface area contributed by atoms with E-state index in [-0.39, 0.29) is 12.2 Å². The highest BCUT2D eigenvalue weighted by Gasteiger charge is 2.30. The third-order valence-electron chi connectivity index (χ3n) is 5.33. The number of benzene rings is 2. The van der Waals surface area contributed by atoms with Crippen molar-refractivity contribution in [1.29, 1.82) is 0 Å². The summed E-state index contributed by atoms with van der Waals surface area (Å²) in [5.74, 6) is 0. The second-order valence-corrected chi connectivity index (χ2v) is 8.11. The van der Waals surface area contributed by atoms with Crippen molar-refractivity contribution in [3.63, 3.8) is 0 Å². The summed E-state index contributed by atoms with van der Waals surface area (Å²) in [5, 5.41) is 12.6. The van der Waals surface area contributed by atoms with Crippen LogP contribution in [0.4, 0.5) is 24.5 Å². The van der Waals surface area contributed by atoms with Gasteiger partial charge in [0.15, 0.2) is 0 Å². The van der Waals surface area contributed by atoms with Gasteiger partial charge < -0.3 is 5.32 Å². The molecule has 0 aliphatic heterocycles. The normalized spacial score (nSPS) is 11.7. The zero-order chi connectivity index (χ0) is 24.6. The predicted octanol–water partition coefficient (Wildman–Crippen LogP) is 5.42. The van der Waals surface area contributed by atoms with E-state index >= 15 is 0 Å². The summed E-state index contributed by atoms with van der Waals surface area (Å²) in [6.45, 7) is -0.0225. The van der Waals surface area contributed by atoms with Crippen molar-refractivity contribution in [3.8, 4) is 11.1 Å². The zero-order valence-corrected chi connectivity index (χ0v) is 18.6. The summed E-state index contributed by atoms with van der Waals surface area (Å²) in [4.78, 5) is 17.0. The minimum Gasteiger partial charge on any atom is -0.352 e. The lowest BCUT2D eigenvalue weighted by molar-refractivity contribution is -0.137. The Labute approximate surface area is 201 Å². The van der Waals surface area contributed by atoms with Gasteiger partial charge in [0.25, 0.3) is 0 Å². The van der Waals surface area contributed by atoms with E-state index in [1.807, 2.05) is 12.1 Å². The van der Waals surface area contributed by atoms with Gasteiger partial charge in [-0.15, -0.1) is 5.10 Å². The van der Waals surface area contributed by atoms with E-state index in [4.69, 9.17) is 11.6 Å². The monoisotopic (exact) mass is 496 g/mol. The molecule has 1 N–H and O–H groups in total. The summed E-state index contributed by atoms with van der Waals surface area (Å²) >= 11 is 6.04. The maximum atomic E-state index is 13.0. The number of hydrogen-bond donors (Lipinski definition) is 1. The van der Waals surface area contributed by atoms with Gasteiger partial charge in [0.05, 0.1) is 24.0 Å². The van der Waals surface area contributed by atoms with Crippen LogP contribution in [0, 0.1) is 0 Å². The van der Waals surface area contributed by atoms with Crippen LogP contribution in [-0.4, -0.2) is 24.4 Å². The first-order chi connectivity index (χ1) is 16.8. The number of nitrogens with zero attached hydrogens (tertiary/aromatic N) is 5. The summed E-state index contributed by atoms with van der Waals surface area (Å²) in [5.41, 5.74) is 2.17. The van der Waals surface area contributed by atoms with Crippen molar-refractivity contribution >= 4 is 28.6 Å². The predicted molar refractivity (Wildman–Crippen MR) is 126 cm³/mol. The molecule has 7 nitrogen and oxygen atoms in total. The Morgan fingerprint density at radius 3 is 2.29 bits per heavy atom. The van der Waals surface area contributed by atoms with Crippen molar-refractivity contribution < 1.29 is 13.2 Å². The first-order valence-corrected chi connectivity index (χ1v) is 10.8. The molecule has 3 heterocycles. The number of anilines is 2. The maximum absolute atomic E-state index is 13.0. The Morgan fingerprint density at radius 1 is 0.943 bits per heavy atom. The van der Waals surface area contributed by atoms with Crippen molar-refractivity contribution in [2.45, 2.75) is 12.7 Å². The second-order valence-electron chi connectivity index (χ2n) is 7.67. The van der Waals surface area contributed by atoms with E-state index in [0.29, 0.717) is 27.5 Å². The van der Waals surface area contributed by atoms with Crippen molar-refractivity contribution in [2.24, 2.45) is 0 Å². The Morgan fingerprint density at radius 2 is 1.63 bits per heavy atom. The molecule has 0 aliphatic rings. The molecule has 3 aromatic heterocycles. The first kappa shape index (κ1) is 22.6. The van der Waals surface area contributed by atoms with Crippen LogP contribution in [0.15, 0.2) is 84.0 Å². The first-order valence-electron chi connectivity index (χ1n) is 10.4. The highest BCUT2D eigenvalue weighted by molar-refractivity contribution is 6.30. The minimum atomic E-state index is -4.44. The summed E-state index contributed by atoms with van der Waals surface area (Å²) in [6.07, 6.45) is 0.357. The van der Waals surface area contributed by atoms with Gasteiger partial charge in [-0.05, 0) is 47.5 Å². The quantitative estimate of drug-likeness (QED) is 0.352. The van der Waals surface area contributed by atoms with Gasteiger partial charge in [0, 0.05) is 28.7 Å². The van der Waals surface area contributed by atoms with E-state index in [1.165, 1.54) is 12.1 Å². The molecule has 0 saturated carbocycles. The van der Waals surface area contributed by atoms with Gasteiger partial charge >= 0.3 is 11.9 Å². The lowest BCUT2D eigenvalue weighted by Crippen LogP contribution is -2.23. The smallest absolute Gasteiger partial charge is 0.352 e. The van der Waals surface area contributed by atoms with Crippen LogP contribution in [0.5, 0.6) is 0 Å². The average Bonchev–Trinajstić information content (AvgIpc) is 3.16. The molecule has 0 saturated heterocycles. The third-order valence-corrected chi connectivity index (χ3v) is 5.58. The lowest BCUT2D eigenvalue weighted by Gasteiger charge is -2.12. The number of hydrogen-bond acceptors (Lipinski definition) is 5. The maximum Gasteiger partial charge on any atom is 0.416 e. The fourth-order valence-electron chi connectivity index (χ4n) is 3.59. The van der Waals surface area contributed by atoms with Gasteiger partial charge in [-0.25, -0.2) is 9.48 Å². The molecule has 11 heteroatoms. The molecule has 5 rings (SSSR count). The van der Waals surface area contributed by atoms with Crippen LogP contribution in [-0.2, 0) is 12.7 Å². The molecule has 0 unspecified atom stereocenters. The SMILES string of the molecule is O=c1n(Cc2ccc(C(F)(F)F)cc2)nc2c(Nc3ccncc3)c(-c3ccc(Cl)cc3)cnn12. The Bertz CT molecular complexity index is 1550. The number of alkyl halides is 3. The van der Waals surface area contributed by atoms with E-state index in [0.717, 1.165) is 26.9 Å². The topological polar surface area (TPSA) is 77.1 Å². The van der Waals surface area contributed by atoms with Crippen LogP contribution in [0.2, 0.25) is 5.02 Å². The highest BCUT2D eigenvalue weighted by Crippen LogP contribution is 2.33. The van der Waals surface area contributed by atoms with Gasteiger partial charge in [0.1, 0.15) is 0 Å². The minimum absolute atomic E-state index is 0.0225. The molecular weight excluding hydrogens is 481 g/mol. The van der Waals surface area contributed by atoms with Crippen LogP contribution in [0.1, 0.15) is 11.1 Å².